The van der Waals surface area contributed by atoms with Crippen LogP contribution >= 0.6 is 0 Å². The van der Waals surface area contributed by atoms with Gasteiger partial charge < -0.3 is 15.4 Å². The van der Waals surface area contributed by atoms with Gasteiger partial charge in [-0.3, -0.25) is 9.78 Å². The van der Waals surface area contributed by atoms with E-state index in [1.807, 2.05) is 12.1 Å². The largest absolute Gasteiger partial charge is 0.493 e. The lowest BCUT2D eigenvalue weighted by molar-refractivity contribution is -0.137. The van der Waals surface area contributed by atoms with E-state index in [-0.39, 0.29) is 30.1 Å². The number of carbonyl (C=O) groups excluding carboxylic acids is 1. The Morgan fingerprint density at radius 2 is 2.11 bits per heavy atom. The van der Waals surface area contributed by atoms with Crippen molar-refractivity contribution in [2.45, 2.75) is 19.1 Å². The molecule has 1 aliphatic rings. The number of amides is 1. The molecule has 28 heavy (non-hydrogen) atoms. The van der Waals surface area contributed by atoms with Crippen molar-refractivity contribution >= 4 is 5.91 Å². The predicted octanol–water partition coefficient (Wildman–Crippen LogP) is 3.02. The summed E-state index contributed by atoms with van der Waals surface area (Å²) in [6, 6.07) is 8.53. The van der Waals surface area contributed by atoms with Crippen LogP contribution in [-0.2, 0) is 17.5 Å². The fourth-order valence-electron chi connectivity index (χ4n) is 3.17. The number of aromatic nitrogens is 1. The quantitative estimate of drug-likeness (QED) is 0.792. The zero-order valence-corrected chi connectivity index (χ0v) is 15.2. The molecule has 3 rings (SSSR count). The third-order valence-electron chi connectivity index (χ3n) is 4.65. The number of alkyl halides is 3. The van der Waals surface area contributed by atoms with E-state index in [0.29, 0.717) is 26.1 Å². The number of carbonyl (C=O) groups is 1. The van der Waals surface area contributed by atoms with Crippen LogP contribution in [0.2, 0.25) is 0 Å². The number of pyridine rings is 1. The maximum absolute atomic E-state index is 12.8. The molecule has 2 atom stereocenters. The van der Waals surface area contributed by atoms with Gasteiger partial charge in [0.05, 0.1) is 18.1 Å². The highest BCUT2D eigenvalue weighted by molar-refractivity contribution is 5.79. The maximum Gasteiger partial charge on any atom is 0.416 e. The summed E-state index contributed by atoms with van der Waals surface area (Å²) in [5, 5.41) is 6.11. The second kappa shape index (κ2) is 9.05. The molecule has 0 aliphatic carbocycles. The first-order valence-corrected chi connectivity index (χ1v) is 9.09. The van der Waals surface area contributed by atoms with E-state index in [2.05, 4.69) is 15.6 Å². The SMILES string of the molecule is O=C(NCc1cccnc1)[C@H]1CNC[C@@H](COc2cccc(C(F)(F)F)c2)C1. The topological polar surface area (TPSA) is 63.2 Å². The summed E-state index contributed by atoms with van der Waals surface area (Å²) in [6.07, 6.45) is -0.412. The number of benzene rings is 1. The van der Waals surface area contributed by atoms with Crippen LogP contribution in [0.5, 0.6) is 5.75 Å². The summed E-state index contributed by atoms with van der Waals surface area (Å²) in [4.78, 5) is 16.4. The van der Waals surface area contributed by atoms with E-state index in [0.717, 1.165) is 17.7 Å². The minimum absolute atomic E-state index is 0.0393. The van der Waals surface area contributed by atoms with E-state index >= 15 is 0 Å². The van der Waals surface area contributed by atoms with Gasteiger partial charge in [0.2, 0.25) is 5.91 Å². The Labute approximate surface area is 161 Å². The lowest BCUT2D eigenvalue weighted by Gasteiger charge is -2.29. The van der Waals surface area contributed by atoms with Gasteiger partial charge in [0, 0.05) is 37.9 Å². The van der Waals surface area contributed by atoms with Gasteiger partial charge in [-0.2, -0.15) is 13.2 Å². The fraction of sp³-hybridized carbons (Fsp3) is 0.400. The second-order valence-corrected chi connectivity index (χ2v) is 6.87. The van der Waals surface area contributed by atoms with Crippen LogP contribution in [0.15, 0.2) is 48.8 Å². The molecule has 0 saturated carbocycles. The second-order valence-electron chi connectivity index (χ2n) is 6.87. The zero-order chi connectivity index (χ0) is 20.0. The minimum Gasteiger partial charge on any atom is -0.493 e. The first-order chi connectivity index (χ1) is 13.4. The van der Waals surface area contributed by atoms with Crippen molar-refractivity contribution in [3.63, 3.8) is 0 Å². The molecule has 5 nitrogen and oxygen atoms in total. The highest BCUT2D eigenvalue weighted by Crippen LogP contribution is 2.31. The van der Waals surface area contributed by atoms with Crippen molar-refractivity contribution in [2.24, 2.45) is 11.8 Å². The molecule has 1 aromatic heterocycles. The normalized spacial score (nSPS) is 19.8. The van der Waals surface area contributed by atoms with Crippen molar-refractivity contribution in [1.29, 1.82) is 0 Å². The van der Waals surface area contributed by atoms with E-state index in [4.69, 9.17) is 4.74 Å². The van der Waals surface area contributed by atoms with Crippen LogP contribution in [0.25, 0.3) is 0 Å². The number of nitrogens with one attached hydrogen (secondary N) is 2. The van der Waals surface area contributed by atoms with E-state index in [1.165, 1.54) is 12.1 Å². The first-order valence-electron chi connectivity index (χ1n) is 9.09. The number of hydrogen-bond donors (Lipinski definition) is 2. The van der Waals surface area contributed by atoms with Gasteiger partial charge in [-0.15, -0.1) is 0 Å². The Morgan fingerprint density at radius 3 is 2.86 bits per heavy atom. The van der Waals surface area contributed by atoms with Gasteiger partial charge in [-0.05, 0) is 36.2 Å². The average Bonchev–Trinajstić information content (AvgIpc) is 2.71. The molecule has 1 aliphatic heterocycles. The Morgan fingerprint density at radius 1 is 1.25 bits per heavy atom. The molecular formula is C20H22F3N3O2. The maximum atomic E-state index is 12.8. The van der Waals surface area contributed by atoms with Gasteiger partial charge >= 0.3 is 6.18 Å². The lowest BCUT2D eigenvalue weighted by Crippen LogP contribution is -2.45. The molecule has 1 amide bonds. The molecule has 0 radical (unpaired) electrons. The van der Waals surface area contributed by atoms with E-state index < -0.39 is 11.7 Å². The molecule has 150 valence electrons. The first kappa shape index (κ1) is 20.1. The van der Waals surface area contributed by atoms with Crippen LogP contribution in [0.3, 0.4) is 0 Å². The Hall–Kier alpha value is -2.61. The molecule has 1 saturated heterocycles. The van der Waals surface area contributed by atoms with Gasteiger partial charge in [0.1, 0.15) is 5.75 Å². The average molecular weight is 393 g/mol. The molecule has 2 N–H and O–H groups in total. The highest BCUT2D eigenvalue weighted by Gasteiger charge is 2.31. The molecule has 0 spiro atoms. The third kappa shape index (κ3) is 5.69. The van der Waals surface area contributed by atoms with Crippen LogP contribution in [0.1, 0.15) is 17.5 Å². The zero-order valence-electron chi connectivity index (χ0n) is 15.2. The van der Waals surface area contributed by atoms with Crippen molar-refractivity contribution < 1.29 is 22.7 Å². The fourth-order valence-corrected chi connectivity index (χ4v) is 3.17. The number of rotatable bonds is 6. The number of nitrogens with zero attached hydrogens (tertiary/aromatic N) is 1. The molecule has 1 aromatic carbocycles. The van der Waals surface area contributed by atoms with Gasteiger partial charge in [-0.1, -0.05) is 12.1 Å². The van der Waals surface area contributed by atoms with Gasteiger partial charge in [0.15, 0.2) is 0 Å². The minimum atomic E-state index is -4.40. The third-order valence-corrected chi connectivity index (χ3v) is 4.65. The van der Waals surface area contributed by atoms with E-state index in [1.54, 1.807) is 12.4 Å². The van der Waals surface area contributed by atoms with Crippen molar-refractivity contribution in [1.82, 2.24) is 15.6 Å². The molecule has 2 heterocycles. The highest BCUT2D eigenvalue weighted by atomic mass is 19.4. The summed E-state index contributed by atoms with van der Waals surface area (Å²) in [5.74, 6) is -0.0453. The molecule has 0 bridgehead atoms. The van der Waals surface area contributed by atoms with Crippen molar-refractivity contribution in [3.05, 3.63) is 59.9 Å². The van der Waals surface area contributed by atoms with Crippen molar-refractivity contribution in [3.8, 4) is 5.75 Å². The lowest BCUT2D eigenvalue weighted by atomic mass is 9.90. The van der Waals surface area contributed by atoms with Gasteiger partial charge in [0.25, 0.3) is 0 Å². The molecule has 0 unspecified atom stereocenters. The van der Waals surface area contributed by atoms with Gasteiger partial charge in [-0.25, -0.2) is 0 Å². The summed E-state index contributed by atoms with van der Waals surface area (Å²) < 4.78 is 43.9. The Kier molecular flexibility index (Phi) is 6.51. The number of halogens is 3. The number of piperidine rings is 1. The molecule has 2 aromatic rings. The predicted molar refractivity (Wildman–Crippen MR) is 97.5 cm³/mol. The Bertz CT molecular complexity index is 784. The summed E-state index contributed by atoms with van der Waals surface area (Å²) in [5.41, 5.74) is 0.184. The summed E-state index contributed by atoms with van der Waals surface area (Å²) in [7, 11) is 0. The Balaban J connectivity index is 1.49. The molecular weight excluding hydrogens is 371 g/mol. The standard InChI is InChI=1S/C20H22F3N3O2/c21-20(22,23)17-4-1-5-18(8-17)28-13-15-7-16(12-25-10-15)19(27)26-11-14-3-2-6-24-9-14/h1-6,8-9,15-16,25H,7,10-13H2,(H,26,27)/t15-,16+/m0/s1. The van der Waals surface area contributed by atoms with Crippen LogP contribution in [-0.4, -0.2) is 30.6 Å². The number of hydrogen-bond acceptors (Lipinski definition) is 4. The van der Waals surface area contributed by atoms with Crippen LogP contribution in [0, 0.1) is 11.8 Å². The summed E-state index contributed by atoms with van der Waals surface area (Å²) >= 11 is 0. The molecule has 8 heteroatoms. The van der Waals surface area contributed by atoms with Crippen LogP contribution < -0.4 is 15.4 Å². The van der Waals surface area contributed by atoms with E-state index in [9.17, 15) is 18.0 Å². The molecule has 1 fully saturated rings. The smallest absolute Gasteiger partial charge is 0.416 e. The summed E-state index contributed by atoms with van der Waals surface area (Å²) in [6.45, 7) is 1.89. The van der Waals surface area contributed by atoms with Crippen molar-refractivity contribution in [2.75, 3.05) is 19.7 Å². The monoisotopic (exact) mass is 393 g/mol. The number of ether oxygens (including phenoxy) is 1. The van der Waals surface area contributed by atoms with Crippen LogP contribution in [0.4, 0.5) is 13.2 Å².